The van der Waals surface area contributed by atoms with Gasteiger partial charge in [-0.2, -0.15) is 0 Å². The highest BCUT2D eigenvalue weighted by Crippen LogP contribution is 2.32. The van der Waals surface area contributed by atoms with Gasteiger partial charge in [0.2, 0.25) is 5.91 Å². The number of carbonyl (C=O) groups is 2. The molecule has 3 amide bonds. The average molecular weight is 353 g/mol. The van der Waals surface area contributed by atoms with Gasteiger partial charge in [-0.1, -0.05) is 18.9 Å². The number of urea groups is 1. The molecule has 2 aliphatic rings. The van der Waals surface area contributed by atoms with Gasteiger partial charge in [-0.25, -0.2) is 4.79 Å². The second kappa shape index (κ2) is 7.40. The third-order valence-electron chi connectivity index (χ3n) is 4.85. The normalized spacial score (nSPS) is 26.5. The fourth-order valence-electron chi connectivity index (χ4n) is 3.49. The lowest BCUT2D eigenvalue weighted by atomic mass is 9.74. The fourth-order valence-corrected chi connectivity index (χ4v) is 3.49. The molecule has 24 heavy (non-hydrogen) atoms. The van der Waals surface area contributed by atoms with Crippen LogP contribution in [0.1, 0.15) is 32.6 Å². The number of nitrogens with one attached hydrogen (secondary N) is 2. The molecule has 0 aromatic heterocycles. The van der Waals surface area contributed by atoms with E-state index in [2.05, 4.69) is 10.6 Å². The van der Waals surface area contributed by atoms with Crippen LogP contribution in [-0.4, -0.2) is 30.6 Å². The zero-order valence-corrected chi connectivity index (χ0v) is 14.7. The quantitative estimate of drug-likeness (QED) is 0.781. The molecule has 1 heterocycles. The molecule has 0 spiro atoms. The zero-order valence-electron chi connectivity index (χ0n) is 13.9. The summed E-state index contributed by atoms with van der Waals surface area (Å²) in [6.07, 6.45) is 3.82. The summed E-state index contributed by atoms with van der Waals surface area (Å²) in [5, 5.41) is 5.74. The van der Waals surface area contributed by atoms with E-state index in [0.717, 1.165) is 31.4 Å². The Morgan fingerprint density at radius 1 is 1.42 bits per heavy atom. The Kier molecular flexibility index (Phi) is 5.72. The SMILES string of the molecule is CC1(N)CCCCC1C(=O)Nc1cccc(N2CCNC2=O)c1.Cl. The highest BCUT2D eigenvalue weighted by atomic mass is 35.5. The van der Waals surface area contributed by atoms with Gasteiger partial charge in [0, 0.05) is 30.0 Å². The molecule has 1 aliphatic carbocycles. The van der Waals surface area contributed by atoms with Crippen molar-refractivity contribution in [3.63, 3.8) is 0 Å². The first-order valence-electron chi connectivity index (χ1n) is 8.22. The van der Waals surface area contributed by atoms with E-state index < -0.39 is 5.54 Å². The molecule has 1 saturated carbocycles. The minimum absolute atomic E-state index is 0. The van der Waals surface area contributed by atoms with E-state index in [1.165, 1.54) is 0 Å². The minimum atomic E-state index is -0.450. The molecular weight excluding hydrogens is 328 g/mol. The van der Waals surface area contributed by atoms with Crippen LogP contribution < -0.4 is 21.3 Å². The van der Waals surface area contributed by atoms with E-state index in [4.69, 9.17) is 5.73 Å². The lowest BCUT2D eigenvalue weighted by molar-refractivity contribution is -0.122. The Balaban J connectivity index is 0.00000208. The number of nitrogens with two attached hydrogens (primary N) is 1. The van der Waals surface area contributed by atoms with Crippen molar-refractivity contribution < 1.29 is 9.59 Å². The van der Waals surface area contributed by atoms with E-state index >= 15 is 0 Å². The molecule has 2 fully saturated rings. The Bertz CT molecular complexity index is 620. The van der Waals surface area contributed by atoms with Gasteiger partial charge in [-0.15, -0.1) is 12.4 Å². The highest BCUT2D eigenvalue weighted by Gasteiger charge is 2.37. The van der Waals surface area contributed by atoms with Crippen LogP contribution in [0, 0.1) is 5.92 Å². The first-order valence-corrected chi connectivity index (χ1v) is 8.22. The molecule has 132 valence electrons. The summed E-state index contributed by atoms with van der Waals surface area (Å²) < 4.78 is 0. The van der Waals surface area contributed by atoms with Crippen molar-refractivity contribution in [1.29, 1.82) is 0 Å². The van der Waals surface area contributed by atoms with Gasteiger partial charge < -0.3 is 16.4 Å². The smallest absolute Gasteiger partial charge is 0.321 e. The van der Waals surface area contributed by atoms with Crippen LogP contribution >= 0.6 is 12.4 Å². The molecule has 7 heteroatoms. The van der Waals surface area contributed by atoms with Crippen molar-refractivity contribution in [1.82, 2.24) is 5.32 Å². The first kappa shape index (κ1) is 18.5. The minimum Gasteiger partial charge on any atom is -0.336 e. The van der Waals surface area contributed by atoms with Crippen LogP contribution in [0.25, 0.3) is 0 Å². The van der Waals surface area contributed by atoms with Crippen LogP contribution in [-0.2, 0) is 4.79 Å². The van der Waals surface area contributed by atoms with Gasteiger partial charge in [0.1, 0.15) is 0 Å². The summed E-state index contributed by atoms with van der Waals surface area (Å²) >= 11 is 0. The van der Waals surface area contributed by atoms with Gasteiger partial charge in [0.25, 0.3) is 0 Å². The molecule has 3 rings (SSSR count). The molecule has 2 unspecified atom stereocenters. The van der Waals surface area contributed by atoms with E-state index in [-0.39, 0.29) is 30.3 Å². The molecule has 0 bridgehead atoms. The number of halogens is 1. The summed E-state index contributed by atoms with van der Waals surface area (Å²) in [5.74, 6) is -0.201. The van der Waals surface area contributed by atoms with E-state index in [1.807, 2.05) is 31.2 Å². The number of amides is 3. The van der Waals surface area contributed by atoms with E-state index in [0.29, 0.717) is 18.8 Å². The molecule has 1 aromatic carbocycles. The Hall–Kier alpha value is -1.79. The fraction of sp³-hybridized carbons (Fsp3) is 0.529. The molecule has 2 atom stereocenters. The van der Waals surface area contributed by atoms with Crippen LogP contribution in [0.3, 0.4) is 0 Å². The number of benzene rings is 1. The van der Waals surface area contributed by atoms with Gasteiger partial charge in [0.15, 0.2) is 0 Å². The number of nitrogens with zero attached hydrogens (tertiary/aromatic N) is 1. The predicted octanol–water partition coefficient (Wildman–Crippen LogP) is 2.48. The molecule has 1 saturated heterocycles. The lowest BCUT2D eigenvalue weighted by Gasteiger charge is -2.37. The van der Waals surface area contributed by atoms with Crippen LogP contribution in [0.2, 0.25) is 0 Å². The second-order valence-corrected chi connectivity index (χ2v) is 6.73. The summed E-state index contributed by atoms with van der Waals surface area (Å²) in [5.41, 5.74) is 7.34. The predicted molar refractivity (Wildman–Crippen MR) is 97.6 cm³/mol. The summed E-state index contributed by atoms with van der Waals surface area (Å²) in [6.45, 7) is 3.24. The maximum atomic E-state index is 12.6. The van der Waals surface area contributed by atoms with Crippen molar-refractivity contribution in [3.8, 4) is 0 Å². The number of rotatable bonds is 3. The van der Waals surface area contributed by atoms with Crippen molar-refractivity contribution in [3.05, 3.63) is 24.3 Å². The lowest BCUT2D eigenvalue weighted by Crippen LogP contribution is -2.51. The van der Waals surface area contributed by atoms with Gasteiger partial charge >= 0.3 is 6.03 Å². The molecular formula is C17H25ClN4O2. The maximum Gasteiger partial charge on any atom is 0.321 e. The summed E-state index contributed by atoms with van der Waals surface area (Å²) in [6, 6.07) is 7.29. The number of hydrogen-bond donors (Lipinski definition) is 3. The third kappa shape index (κ3) is 3.82. The molecule has 1 aromatic rings. The number of anilines is 2. The van der Waals surface area contributed by atoms with Gasteiger partial charge in [-0.05, 0) is 38.0 Å². The van der Waals surface area contributed by atoms with E-state index in [1.54, 1.807) is 4.90 Å². The van der Waals surface area contributed by atoms with Crippen LogP contribution in [0.4, 0.5) is 16.2 Å². The molecule has 4 N–H and O–H groups in total. The largest absolute Gasteiger partial charge is 0.336 e. The van der Waals surface area contributed by atoms with Crippen molar-refractivity contribution in [2.45, 2.75) is 38.1 Å². The molecule has 0 radical (unpaired) electrons. The monoisotopic (exact) mass is 352 g/mol. The highest BCUT2D eigenvalue weighted by molar-refractivity contribution is 5.97. The van der Waals surface area contributed by atoms with E-state index in [9.17, 15) is 9.59 Å². The first-order chi connectivity index (χ1) is 11.0. The number of hydrogen-bond acceptors (Lipinski definition) is 3. The Labute approximate surface area is 148 Å². The topological polar surface area (TPSA) is 87.5 Å². The second-order valence-electron chi connectivity index (χ2n) is 6.73. The van der Waals surface area contributed by atoms with Crippen molar-refractivity contribution in [2.75, 3.05) is 23.3 Å². The standard InChI is InChI=1S/C17H24N4O2.ClH/c1-17(18)8-3-2-7-14(17)15(22)20-12-5-4-6-13(11-12)21-10-9-19-16(21)23;/h4-6,11,14H,2-3,7-10,18H2,1H3,(H,19,23)(H,20,22);1H. The number of carbonyl (C=O) groups excluding carboxylic acids is 2. The third-order valence-corrected chi connectivity index (χ3v) is 4.85. The molecule has 6 nitrogen and oxygen atoms in total. The Morgan fingerprint density at radius 2 is 2.21 bits per heavy atom. The summed E-state index contributed by atoms with van der Waals surface area (Å²) in [7, 11) is 0. The van der Waals surface area contributed by atoms with Crippen LogP contribution in [0.15, 0.2) is 24.3 Å². The molecule has 1 aliphatic heterocycles. The Morgan fingerprint density at radius 3 is 2.88 bits per heavy atom. The van der Waals surface area contributed by atoms with Crippen molar-refractivity contribution in [2.24, 2.45) is 11.7 Å². The van der Waals surface area contributed by atoms with Gasteiger partial charge in [0.05, 0.1) is 5.92 Å². The summed E-state index contributed by atoms with van der Waals surface area (Å²) in [4.78, 5) is 26.0. The zero-order chi connectivity index (χ0) is 16.4. The average Bonchev–Trinajstić information content (AvgIpc) is 2.93. The van der Waals surface area contributed by atoms with Crippen LogP contribution in [0.5, 0.6) is 0 Å². The maximum absolute atomic E-state index is 12.6. The van der Waals surface area contributed by atoms with Gasteiger partial charge in [-0.3, -0.25) is 9.69 Å². The van der Waals surface area contributed by atoms with Crippen molar-refractivity contribution >= 4 is 35.7 Å².